The van der Waals surface area contributed by atoms with Gasteiger partial charge in [0.15, 0.2) is 0 Å². The number of aromatic nitrogens is 3. The van der Waals surface area contributed by atoms with Crippen molar-refractivity contribution >= 4 is 5.91 Å². The fourth-order valence-electron chi connectivity index (χ4n) is 2.56. The summed E-state index contributed by atoms with van der Waals surface area (Å²) in [5.41, 5.74) is 0.930. The maximum absolute atomic E-state index is 12.1. The molecule has 0 aromatic carbocycles. The molecule has 6 nitrogen and oxygen atoms in total. The summed E-state index contributed by atoms with van der Waals surface area (Å²) in [6.45, 7) is 1.79. The molecular formula is C13H23N5O. The van der Waals surface area contributed by atoms with E-state index in [1.807, 2.05) is 11.9 Å². The van der Waals surface area contributed by atoms with Crippen molar-refractivity contribution in [3.63, 3.8) is 0 Å². The van der Waals surface area contributed by atoms with Crippen LogP contribution in [0.1, 0.15) is 37.8 Å². The molecule has 6 heteroatoms. The Morgan fingerprint density at radius 1 is 1.53 bits per heavy atom. The molecule has 1 atom stereocenters. The molecule has 0 radical (unpaired) electrons. The normalized spacial score (nSPS) is 20.3. The SMILES string of the molecule is CNC1CCCN(C(=O)CCCc2c[nH]nn2)CC1. The fraction of sp³-hybridized carbons (Fsp3) is 0.769. The lowest BCUT2D eigenvalue weighted by molar-refractivity contribution is -0.131. The quantitative estimate of drug-likeness (QED) is 0.823. The number of aromatic amines is 1. The van der Waals surface area contributed by atoms with Crippen LogP contribution in [0.4, 0.5) is 0 Å². The highest BCUT2D eigenvalue weighted by atomic mass is 16.2. The molecule has 0 bridgehead atoms. The smallest absolute Gasteiger partial charge is 0.222 e. The minimum atomic E-state index is 0.278. The Morgan fingerprint density at radius 3 is 3.16 bits per heavy atom. The third-order valence-corrected chi connectivity index (χ3v) is 3.78. The van der Waals surface area contributed by atoms with E-state index in [1.165, 1.54) is 6.42 Å². The number of likely N-dealkylation sites (tertiary alicyclic amines) is 1. The van der Waals surface area contributed by atoms with E-state index in [1.54, 1.807) is 6.20 Å². The number of carbonyl (C=O) groups excluding carboxylic acids is 1. The second-order valence-corrected chi connectivity index (χ2v) is 5.12. The van der Waals surface area contributed by atoms with E-state index in [2.05, 4.69) is 20.7 Å². The van der Waals surface area contributed by atoms with E-state index in [0.717, 1.165) is 44.5 Å². The lowest BCUT2D eigenvalue weighted by atomic mass is 10.1. The number of H-pyrrole nitrogens is 1. The number of carbonyl (C=O) groups is 1. The third-order valence-electron chi connectivity index (χ3n) is 3.78. The summed E-state index contributed by atoms with van der Waals surface area (Å²) < 4.78 is 0. The van der Waals surface area contributed by atoms with Crippen LogP contribution in [-0.4, -0.2) is 52.4 Å². The molecule has 0 spiro atoms. The largest absolute Gasteiger partial charge is 0.343 e. The Kier molecular flexibility index (Phi) is 5.32. The van der Waals surface area contributed by atoms with Gasteiger partial charge >= 0.3 is 0 Å². The van der Waals surface area contributed by atoms with Gasteiger partial charge in [0.2, 0.25) is 5.91 Å². The molecule has 1 fully saturated rings. The van der Waals surface area contributed by atoms with Crippen molar-refractivity contribution in [2.24, 2.45) is 0 Å². The summed E-state index contributed by atoms with van der Waals surface area (Å²) in [7, 11) is 2.00. The standard InChI is InChI=1S/C13H23N5O/c1-14-11-5-3-8-18(9-7-11)13(19)6-2-4-12-10-15-17-16-12/h10-11,14H,2-9H2,1H3,(H,15,16,17). The van der Waals surface area contributed by atoms with Crippen molar-refractivity contribution in [3.8, 4) is 0 Å². The lowest BCUT2D eigenvalue weighted by Gasteiger charge is -2.20. The fourth-order valence-corrected chi connectivity index (χ4v) is 2.56. The van der Waals surface area contributed by atoms with Crippen molar-refractivity contribution in [3.05, 3.63) is 11.9 Å². The highest BCUT2D eigenvalue weighted by Crippen LogP contribution is 2.12. The molecule has 2 heterocycles. The number of nitrogens with one attached hydrogen (secondary N) is 2. The van der Waals surface area contributed by atoms with Gasteiger partial charge in [-0.25, -0.2) is 0 Å². The molecule has 0 aliphatic carbocycles. The first-order valence-electron chi connectivity index (χ1n) is 7.10. The molecule has 1 aliphatic heterocycles. The lowest BCUT2D eigenvalue weighted by Crippen LogP contribution is -2.33. The second kappa shape index (κ2) is 7.23. The summed E-state index contributed by atoms with van der Waals surface area (Å²) >= 11 is 0. The topological polar surface area (TPSA) is 73.9 Å². The van der Waals surface area contributed by atoms with Crippen molar-refractivity contribution in [1.29, 1.82) is 0 Å². The van der Waals surface area contributed by atoms with E-state index in [0.29, 0.717) is 12.5 Å². The van der Waals surface area contributed by atoms with Crippen LogP contribution in [0.15, 0.2) is 6.20 Å². The van der Waals surface area contributed by atoms with Gasteiger partial charge in [0.05, 0.1) is 5.69 Å². The Bertz CT molecular complexity index is 378. The third kappa shape index (κ3) is 4.31. The van der Waals surface area contributed by atoms with Crippen LogP contribution in [0, 0.1) is 0 Å². The van der Waals surface area contributed by atoms with Gasteiger partial charge in [0.1, 0.15) is 0 Å². The minimum absolute atomic E-state index is 0.278. The maximum atomic E-state index is 12.1. The highest BCUT2D eigenvalue weighted by molar-refractivity contribution is 5.76. The van der Waals surface area contributed by atoms with Crippen LogP contribution in [0.2, 0.25) is 0 Å². The summed E-state index contributed by atoms with van der Waals surface area (Å²) in [4.78, 5) is 14.2. The molecule has 19 heavy (non-hydrogen) atoms. The first-order chi connectivity index (χ1) is 9.29. The zero-order chi connectivity index (χ0) is 13.5. The Labute approximate surface area is 113 Å². The molecular weight excluding hydrogens is 242 g/mol. The van der Waals surface area contributed by atoms with Gasteiger partial charge < -0.3 is 10.2 Å². The summed E-state index contributed by atoms with van der Waals surface area (Å²) in [5.74, 6) is 0.278. The molecule has 1 unspecified atom stereocenters. The van der Waals surface area contributed by atoms with Gasteiger partial charge in [-0.3, -0.25) is 9.89 Å². The van der Waals surface area contributed by atoms with E-state index in [-0.39, 0.29) is 5.91 Å². The predicted octanol–water partition coefficient (Wildman–Crippen LogP) is 0.728. The number of aryl methyl sites for hydroxylation is 1. The molecule has 0 saturated carbocycles. The van der Waals surface area contributed by atoms with Gasteiger partial charge in [-0.1, -0.05) is 5.21 Å². The maximum Gasteiger partial charge on any atom is 0.222 e. The Balaban J connectivity index is 1.70. The van der Waals surface area contributed by atoms with Crippen molar-refractivity contribution in [2.45, 2.75) is 44.6 Å². The van der Waals surface area contributed by atoms with E-state index in [4.69, 9.17) is 0 Å². The number of hydrogen-bond donors (Lipinski definition) is 2. The van der Waals surface area contributed by atoms with Gasteiger partial charge in [0.25, 0.3) is 0 Å². The van der Waals surface area contributed by atoms with E-state index < -0.39 is 0 Å². The van der Waals surface area contributed by atoms with E-state index >= 15 is 0 Å². The number of hydrogen-bond acceptors (Lipinski definition) is 4. The van der Waals surface area contributed by atoms with Crippen molar-refractivity contribution < 1.29 is 4.79 Å². The van der Waals surface area contributed by atoms with Crippen molar-refractivity contribution in [2.75, 3.05) is 20.1 Å². The molecule has 106 valence electrons. The molecule has 1 aromatic rings. The number of rotatable bonds is 5. The predicted molar refractivity (Wildman–Crippen MR) is 72.6 cm³/mol. The number of amides is 1. The minimum Gasteiger partial charge on any atom is -0.343 e. The van der Waals surface area contributed by atoms with Crippen LogP contribution in [0.5, 0.6) is 0 Å². The number of nitrogens with zero attached hydrogens (tertiary/aromatic N) is 3. The molecule has 2 rings (SSSR count). The average Bonchev–Trinajstić information content (AvgIpc) is 2.81. The molecule has 1 saturated heterocycles. The Morgan fingerprint density at radius 2 is 2.42 bits per heavy atom. The van der Waals surface area contributed by atoms with Crippen LogP contribution in [0.25, 0.3) is 0 Å². The van der Waals surface area contributed by atoms with Gasteiger partial charge in [0, 0.05) is 31.7 Å². The van der Waals surface area contributed by atoms with Crippen molar-refractivity contribution in [1.82, 2.24) is 25.6 Å². The summed E-state index contributed by atoms with van der Waals surface area (Å²) in [6, 6.07) is 0.563. The van der Waals surface area contributed by atoms with Gasteiger partial charge in [-0.2, -0.15) is 0 Å². The van der Waals surface area contributed by atoms with E-state index in [9.17, 15) is 4.79 Å². The van der Waals surface area contributed by atoms with Crippen LogP contribution in [-0.2, 0) is 11.2 Å². The Hall–Kier alpha value is -1.43. The van der Waals surface area contributed by atoms with Crippen LogP contribution >= 0.6 is 0 Å². The first-order valence-corrected chi connectivity index (χ1v) is 7.10. The average molecular weight is 265 g/mol. The molecule has 1 aliphatic rings. The summed E-state index contributed by atoms with van der Waals surface area (Å²) in [6.07, 6.45) is 7.38. The molecule has 1 aromatic heterocycles. The molecule has 2 N–H and O–H groups in total. The monoisotopic (exact) mass is 265 g/mol. The second-order valence-electron chi connectivity index (χ2n) is 5.12. The molecule has 1 amide bonds. The van der Waals surface area contributed by atoms with Crippen LogP contribution < -0.4 is 5.32 Å². The zero-order valence-electron chi connectivity index (χ0n) is 11.6. The first kappa shape index (κ1) is 14.0. The van der Waals surface area contributed by atoms with Gasteiger partial charge in [-0.05, 0) is 39.2 Å². The van der Waals surface area contributed by atoms with Crippen LogP contribution in [0.3, 0.4) is 0 Å². The van der Waals surface area contributed by atoms with Gasteiger partial charge in [-0.15, -0.1) is 5.10 Å². The zero-order valence-corrected chi connectivity index (χ0v) is 11.6. The highest BCUT2D eigenvalue weighted by Gasteiger charge is 2.19. The summed E-state index contributed by atoms with van der Waals surface area (Å²) in [5, 5.41) is 13.6.